The van der Waals surface area contributed by atoms with Crippen molar-refractivity contribution in [1.29, 1.82) is 0 Å². The summed E-state index contributed by atoms with van der Waals surface area (Å²) < 4.78 is 18.7. The Kier molecular flexibility index (Phi) is 10.3. The smallest absolute Gasteiger partial charge is 0.191 e. The lowest BCUT2D eigenvalue weighted by Gasteiger charge is -2.36. The predicted octanol–water partition coefficient (Wildman–Crippen LogP) is 2.30. The molecule has 0 amide bonds. The number of hydrogen-bond donors (Lipinski definition) is 2. The van der Waals surface area contributed by atoms with Crippen molar-refractivity contribution in [2.75, 3.05) is 63.9 Å². The topological polar surface area (TPSA) is 52.1 Å². The Bertz CT molecular complexity index is 587. The SMILES string of the molecule is CCNC(=NCC1CCCO1)NCCN1CCN(c2ccc(F)cc2)CC1.I. The summed E-state index contributed by atoms with van der Waals surface area (Å²) in [6.45, 7) is 10.4. The van der Waals surface area contributed by atoms with Crippen LogP contribution in [0, 0.1) is 5.82 Å². The molecule has 1 atom stereocenters. The predicted molar refractivity (Wildman–Crippen MR) is 123 cm³/mol. The molecule has 3 rings (SSSR count). The van der Waals surface area contributed by atoms with Crippen LogP contribution in [0.15, 0.2) is 29.3 Å². The van der Waals surface area contributed by atoms with E-state index in [1.165, 1.54) is 12.1 Å². The summed E-state index contributed by atoms with van der Waals surface area (Å²) in [4.78, 5) is 9.42. The van der Waals surface area contributed by atoms with Crippen LogP contribution in [-0.4, -0.2) is 75.9 Å². The fourth-order valence-electron chi connectivity index (χ4n) is 3.54. The second-order valence-corrected chi connectivity index (χ2v) is 7.09. The number of aliphatic imine (C=N–C) groups is 1. The van der Waals surface area contributed by atoms with Crippen molar-refractivity contribution in [1.82, 2.24) is 15.5 Å². The molecule has 0 spiro atoms. The number of nitrogens with one attached hydrogen (secondary N) is 2. The molecule has 2 saturated heterocycles. The quantitative estimate of drug-likeness (QED) is 0.339. The van der Waals surface area contributed by atoms with Crippen molar-refractivity contribution >= 4 is 35.6 Å². The van der Waals surface area contributed by atoms with Gasteiger partial charge in [0.2, 0.25) is 0 Å². The van der Waals surface area contributed by atoms with Gasteiger partial charge in [-0.3, -0.25) is 9.89 Å². The summed E-state index contributed by atoms with van der Waals surface area (Å²) in [6, 6.07) is 6.78. The molecule has 2 aliphatic rings. The van der Waals surface area contributed by atoms with Crippen LogP contribution in [0.1, 0.15) is 19.8 Å². The second-order valence-electron chi connectivity index (χ2n) is 7.09. The Morgan fingerprint density at radius 1 is 1.18 bits per heavy atom. The lowest BCUT2D eigenvalue weighted by molar-refractivity contribution is 0.117. The molecule has 6 nitrogen and oxygen atoms in total. The van der Waals surface area contributed by atoms with Crippen LogP contribution in [0.25, 0.3) is 0 Å². The van der Waals surface area contributed by atoms with Crippen LogP contribution >= 0.6 is 24.0 Å². The van der Waals surface area contributed by atoms with E-state index in [1.54, 1.807) is 0 Å². The van der Waals surface area contributed by atoms with E-state index in [2.05, 4.69) is 32.3 Å². The number of ether oxygens (including phenoxy) is 1. The van der Waals surface area contributed by atoms with Gasteiger partial charge in [0.05, 0.1) is 12.6 Å². The van der Waals surface area contributed by atoms with Crippen LogP contribution < -0.4 is 15.5 Å². The van der Waals surface area contributed by atoms with E-state index in [0.29, 0.717) is 0 Å². The van der Waals surface area contributed by atoms with Crippen molar-refractivity contribution in [3.05, 3.63) is 30.1 Å². The number of piperazine rings is 1. The fourth-order valence-corrected chi connectivity index (χ4v) is 3.54. The Morgan fingerprint density at radius 2 is 1.93 bits per heavy atom. The van der Waals surface area contributed by atoms with Crippen LogP contribution in [0.3, 0.4) is 0 Å². The maximum absolute atomic E-state index is 13.1. The molecule has 2 fully saturated rings. The summed E-state index contributed by atoms with van der Waals surface area (Å²) in [6.07, 6.45) is 2.54. The highest BCUT2D eigenvalue weighted by Gasteiger charge is 2.17. The Morgan fingerprint density at radius 3 is 2.57 bits per heavy atom. The monoisotopic (exact) mass is 505 g/mol. The van der Waals surface area contributed by atoms with Crippen LogP contribution in [0.5, 0.6) is 0 Å². The first-order valence-electron chi connectivity index (χ1n) is 10.1. The molecule has 28 heavy (non-hydrogen) atoms. The zero-order valence-corrected chi connectivity index (χ0v) is 19.0. The molecule has 0 bridgehead atoms. The summed E-state index contributed by atoms with van der Waals surface area (Å²) in [5.74, 6) is 0.694. The van der Waals surface area contributed by atoms with Crippen LogP contribution in [0.4, 0.5) is 10.1 Å². The van der Waals surface area contributed by atoms with Gasteiger partial charge in [0.1, 0.15) is 5.82 Å². The third-order valence-electron chi connectivity index (χ3n) is 5.11. The van der Waals surface area contributed by atoms with Gasteiger partial charge in [-0.1, -0.05) is 0 Å². The third-order valence-corrected chi connectivity index (χ3v) is 5.11. The number of rotatable bonds is 7. The molecule has 0 saturated carbocycles. The number of hydrogen-bond acceptors (Lipinski definition) is 4. The van der Waals surface area contributed by atoms with Gasteiger partial charge in [-0.05, 0) is 44.0 Å². The average Bonchev–Trinajstić information content (AvgIpc) is 3.21. The van der Waals surface area contributed by atoms with Gasteiger partial charge in [0.25, 0.3) is 0 Å². The van der Waals surface area contributed by atoms with E-state index in [-0.39, 0.29) is 35.9 Å². The number of guanidine groups is 1. The molecule has 2 N–H and O–H groups in total. The third kappa shape index (κ3) is 7.36. The number of nitrogens with zero attached hydrogens (tertiary/aromatic N) is 3. The second kappa shape index (κ2) is 12.4. The van der Waals surface area contributed by atoms with Crippen molar-refractivity contribution in [3.8, 4) is 0 Å². The van der Waals surface area contributed by atoms with Gasteiger partial charge in [-0.2, -0.15) is 0 Å². The van der Waals surface area contributed by atoms with Crippen molar-refractivity contribution in [2.45, 2.75) is 25.9 Å². The number of benzene rings is 1. The van der Waals surface area contributed by atoms with Crippen LogP contribution in [-0.2, 0) is 4.74 Å². The van der Waals surface area contributed by atoms with Crippen molar-refractivity contribution < 1.29 is 9.13 Å². The first-order valence-corrected chi connectivity index (χ1v) is 10.1. The highest BCUT2D eigenvalue weighted by atomic mass is 127. The lowest BCUT2D eigenvalue weighted by Crippen LogP contribution is -2.49. The molecular weight excluding hydrogens is 472 g/mol. The minimum Gasteiger partial charge on any atom is -0.376 e. The first-order chi connectivity index (χ1) is 13.2. The fraction of sp³-hybridized carbons (Fsp3) is 0.650. The number of anilines is 1. The van der Waals surface area contributed by atoms with Gasteiger partial charge in [-0.25, -0.2) is 4.39 Å². The molecule has 0 radical (unpaired) electrons. The maximum Gasteiger partial charge on any atom is 0.191 e. The molecule has 8 heteroatoms. The zero-order valence-electron chi connectivity index (χ0n) is 16.7. The molecule has 2 aliphatic heterocycles. The summed E-state index contributed by atoms with van der Waals surface area (Å²) in [7, 11) is 0. The largest absolute Gasteiger partial charge is 0.376 e. The number of halogens is 2. The summed E-state index contributed by atoms with van der Waals surface area (Å²) in [5.41, 5.74) is 1.10. The standard InChI is InChI=1S/C20H32FN5O.HI/c1-2-22-20(24-16-19-4-3-15-27-19)23-9-10-25-11-13-26(14-12-25)18-7-5-17(21)6-8-18;/h5-8,19H,2-4,9-16H2,1H3,(H2,22,23,24);1H. The first kappa shape index (κ1) is 23.2. The van der Waals surface area contributed by atoms with E-state index in [9.17, 15) is 4.39 Å². The minimum absolute atomic E-state index is 0. The zero-order chi connectivity index (χ0) is 18.9. The highest BCUT2D eigenvalue weighted by molar-refractivity contribution is 14.0. The van der Waals surface area contributed by atoms with Gasteiger partial charge >= 0.3 is 0 Å². The molecule has 1 unspecified atom stereocenters. The average molecular weight is 505 g/mol. The minimum atomic E-state index is -0.180. The molecule has 1 aromatic rings. The van der Waals surface area contributed by atoms with Gasteiger partial charge in [-0.15, -0.1) is 24.0 Å². The molecule has 0 aliphatic carbocycles. The lowest BCUT2D eigenvalue weighted by atomic mass is 10.2. The Labute approximate surface area is 184 Å². The van der Waals surface area contributed by atoms with E-state index in [1.807, 2.05) is 12.1 Å². The van der Waals surface area contributed by atoms with Crippen LogP contribution in [0.2, 0.25) is 0 Å². The molecular formula is C20H33FIN5O. The molecule has 2 heterocycles. The van der Waals surface area contributed by atoms with E-state index < -0.39 is 0 Å². The Hall–Kier alpha value is -1.13. The van der Waals surface area contributed by atoms with Gasteiger partial charge < -0.3 is 20.3 Å². The molecule has 1 aromatic carbocycles. The molecule has 158 valence electrons. The van der Waals surface area contributed by atoms with Gasteiger partial charge in [0.15, 0.2) is 5.96 Å². The highest BCUT2D eigenvalue weighted by Crippen LogP contribution is 2.16. The normalized spacial score (nSPS) is 20.7. The van der Waals surface area contributed by atoms with E-state index in [0.717, 1.165) is 83.5 Å². The Balaban J connectivity index is 0.00000280. The summed E-state index contributed by atoms with van der Waals surface area (Å²) in [5, 5.41) is 6.73. The van der Waals surface area contributed by atoms with E-state index >= 15 is 0 Å². The van der Waals surface area contributed by atoms with E-state index in [4.69, 9.17) is 4.74 Å². The summed E-state index contributed by atoms with van der Waals surface area (Å²) >= 11 is 0. The van der Waals surface area contributed by atoms with Crippen molar-refractivity contribution in [3.63, 3.8) is 0 Å². The molecule has 0 aromatic heterocycles. The van der Waals surface area contributed by atoms with Crippen molar-refractivity contribution in [2.24, 2.45) is 4.99 Å². The van der Waals surface area contributed by atoms with Gasteiger partial charge in [0, 0.05) is 58.1 Å². The maximum atomic E-state index is 13.1.